The fraction of sp³-hybridized carbons (Fsp3) is 0.167. The van der Waals surface area contributed by atoms with Gasteiger partial charge in [-0.1, -0.05) is 23.4 Å². The molecule has 7 heteroatoms. The van der Waals surface area contributed by atoms with Gasteiger partial charge in [0, 0.05) is 43.3 Å². The van der Waals surface area contributed by atoms with Crippen molar-refractivity contribution in [3.05, 3.63) is 66.1 Å². The molecule has 0 aliphatic heterocycles. The first-order valence-electron chi connectivity index (χ1n) is 7.88. The minimum absolute atomic E-state index is 0.549. The number of hydrogen-bond acceptors (Lipinski definition) is 6. The smallest absolute Gasteiger partial charge is 0.223 e. The third-order valence-corrected chi connectivity index (χ3v) is 3.90. The topological polar surface area (TPSA) is 82.5 Å². The average Bonchev–Trinajstić information content (AvgIpc) is 3.24. The van der Waals surface area contributed by atoms with Crippen LogP contribution in [-0.2, 0) is 13.5 Å². The van der Waals surface area contributed by atoms with Crippen LogP contribution in [0, 0.1) is 6.92 Å². The summed E-state index contributed by atoms with van der Waals surface area (Å²) in [5.41, 5.74) is 4.98. The number of hydrogen-bond donors (Lipinski definition) is 0. The molecule has 0 aliphatic carbocycles. The molecule has 0 atom stereocenters. The van der Waals surface area contributed by atoms with Crippen LogP contribution in [0.25, 0.3) is 22.5 Å². The van der Waals surface area contributed by atoms with E-state index in [2.05, 4.69) is 31.5 Å². The number of rotatable bonds is 4. The standard InChI is InChI=1S/C18H16N6O/c1-12-21-18(23-25-12)14-5-3-4-13(8-14)9-17-16(6-7-19-22-17)15-10-20-24(2)11-15/h3-8,10-11H,9H2,1-2H3. The van der Waals surface area contributed by atoms with E-state index in [1.54, 1.807) is 17.8 Å². The zero-order valence-electron chi connectivity index (χ0n) is 13.9. The molecule has 25 heavy (non-hydrogen) atoms. The van der Waals surface area contributed by atoms with Crippen LogP contribution in [0.5, 0.6) is 0 Å². The lowest BCUT2D eigenvalue weighted by atomic mass is 10.0. The summed E-state index contributed by atoms with van der Waals surface area (Å²) >= 11 is 0. The number of nitrogens with zero attached hydrogens (tertiary/aromatic N) is 6. The quantitative estimate of drug-likeness (QED) is 0.571. The number of benzene rings is 1. The highest BCUT2D eigenvalue weighted by atomic mass is 16.5. The third-order valence-electron chi connectivity index (χ3n) is 3.90. The van der Waals surface area contributed by atoms with E-state index >= 15 is 0 Å². The molecule has 3 aromatic heterocycles. The fourth-order valence-corrected chi connectivity index (χ4v) is 2.74. The summed E-state index contributed by atoms with van der Waals surface area (Å²) in [7, 11) is 1.90. The first-order valence-corrected chi connectivity index (χ1v) is 7.88. The van der Waals surface area contributed by atoms with Crippen molar-refractivity contribution in [2.45, 2.75) is 13.3 Å². The van der Waals surface area contributed by atoms with Crippen LogP contribution in [0.2, 0.25) is 0 Å². The molecule has 0 saturated carbocycles. The van der Waals surface area contributed by atoms with E-state index in [1.807, 2.05) is 43.7 Å². The van der Waals surface area contributed by atoms with Crippen LogP contribution in [0.3, 0.4) is 0 Å². The molecule has 0 amide bonds. The maximum atomic E-state index is 5.06. The van der Waals surface area contributed by atoms with Crippen LogP contribution >= 0.6 is 0 Å². The molecular weight excluding hydrogens is 316 g/mol. The van der Waals surface area contributed by atoms with Crippen molar-refractivity contribution in [3.63, 3.8) is 0 Å². The Kier molecular flexibility index (Phi) is 3.81. The van der Waals surface area contributed by atoms with Crippen molar-refractivity contribution in [3.8, 4) is 22.5 Å². The first kappa shape index (κ1) is 15.2. The van der Waals surface area contributed by atoms with Gasteiger partial charge in [0.2, 0.25) is 11.7 Å². The van der Waals surface area contributed by atoms with Crippen molar-refractivity contribution in [1.82, 2.24) is 30.1 Å². The van der Waals surface area contributed by atoms with Gasteiger partial charge in [0.05, 0.1) is 18.1 Å². The monoisotopic (exact) mass is 332 g/mol. The molecule has 1 aromatic carbocycles. The highest BCUT2D eigenvalue weighted by Gasteiger charge is 2.11. The molecule has 0 bridgehead atoms. The summed E-state index contributed by atoms with van der Waals surface area (Å²) in [6.07, 6.45) is 6.16. The normalized spacial score (nSPS) is 11.0. The fourth-order valence-electron chi connectivity index (χ4n) is 2.74. The lowest BCUT2D eigenvalue weighted by Crippen LogP contribution is -1.98. The Labute approximate surface area is 144 Å². The SMILES string of the molecule is Cc1nc(-c2cccc(Cc3nnccc3-c3cnn(C)c3)c2)no1. The van der Waals surface area contributed by atoms with Gasteiger partial charge in [0.25, 0.3) is 0 Å². The lowest BCUT2D eigenvalue weighted by molar-refractivity contribution is 0.394. The molecule has 0 radical (unpaired) electrons. The van der Waals surface area contributed by atoms with E-state index in [0.29, 0.717) is 18.1 Å². The van der Waals surface area contributed by atoms with E-state index in [4.69, 9.17) is 4.52 Å². The zero-order chi connectivity index (χ0) is 17.2. The van der Waals surface area contributed by atoms with Crippen molar-refractivity contribution in [2.75, 3.05) is 0 Å². The van der Waals surface area contributed by atoms with Crippen molar-refractivity contribution in [2.24, 2.45) is 7.05 Å². The summed E-state index contributed by atoms with van der Waals surface area (Å²) in [5, 5.41) is 16.6. The van der Waals surface area contributed by atoms with Crippen molar-refractivity contribution < 1.29 is 4.52 Å². The minimum Gasteiger partial charge on any atom is -0.339 e. The molecule has 124 valence electrons. The largest absolute Gasteiger partial charge is 0.339 e. The lowest BCUT2D eigenvalue weighted by Gasteiger charge is -2.07. The zero-order valence-corrected chi connectivity index (χ0v) is 13.9. The van der Waals surface area contributed by atoms with E-state index in [1.165, 1.54) is 0 Å². The van der Waals surface area contributed by atoms with Gasteiger partial charge in [0.1, 0.15) is 0 Å². The summed E-state index contributed by atoms with van der Waals surface area (Å²) in [6.45, 7) is 1.78. The Balaban J connectivity index is 1.67. The van der Waals surface area contributed by atoms with Crippen molar-refractivity contribution >= 4 is 0 Å². The molecule has 0 fully saturated rings. The Morgan fingerprint density at radius 3 is 2.84 bits per heavy atom. The second kappa shape index (κ2) is 6.27. The minimum atomic E-state index is 0.549. The van der Waals surface area contributed by atoms with Gasteiger partial charge in [-0.15, -0.1) is 0 Å². The van der Waals surface area contributed by atoms with Gasteiger partial charge >= 0.3 is 0 Å². The molecule has 4 rings (SSSR count). The van der Waals surface area contributed by atoms with E-state index in [-0.39, 0.29) is 0 Å². The average molecular weight is 332 g/mol. The first-order chi connectivity index (χ1) is 12.2. The van der Waals surface area contributed by atoms with Gasteiger partial charge in [-0.05, 0) is 17.7 Å². The van der Waals surface area contributed by atoms with Crippen LogP contribution in [0.15, 0.2) is 53.4 Å². The van der Waals surface area contributed by atoms with Gasteiger partial charge in [-0.3, -0.25) is 4.68 Å². The highest BCUT2D eigenvalue weighted by molar-refractivity contribution is 5.64. The summed E-state index contributed by atoms with van der Waals surface area (Å²) in [4.78, 5) is 4.28. The van der Waals surface area contributed by atoms with E-state index in [0.717, 1.165) is 27.9 Å². The molecule has 4 aromatic rings. The van der Waals surface area contributed by atoms with E-state index in [9.17, 15) is 0 Å². The summed E-state index contributed by atoms with van der Waals surface area (Å²) in [5.74, 6) is 1.14. The Hall–Kier alpha value is -3.35. The maximum Gasteiger partial charge on any atom is 0.223 e. The molecule has 0 unspecified atom stereocenters. The second-order valence-electron chi connectivity index (χ2n) is 5.81. The number of aromatic nitrogens is 6. The van der Waals surface area contributed by atoms with Gasteiger partial charge in [0.15, 0.2) is 0 Å². The molecule has 7 nitrogen and oxygen atoms in total. The Bertz CT molecular complexity index is 1020. The maximum absolute atomic E-state index is 5.06. The number of aryl methyl sites for hydroxylation is 2. The Morgan fingerprint density at radius 2 is 2.08 bits per heavy atom. The van der Waals surface area contributed by atoms with Crippen LogP contribution in [0.4, 0.5) is 0 Å². The predicted octanol–water partition coefficient (Wildman–Crippen LogP) is 2.83. The van der Waals surface area contributed by atoms with Gasteiger partial charge < -0.3 is 4.52 Å². The molecule has 0 N–H and O–H groups in total. The predicted molar refractivity (Wildman–Crippen MR) is 91.5 cm³/mol. The van der Waals surface area contributed by atoms with Crippen LogP contribution < -0.4 is 0 Å². The van der Waals surface area contributed by atoms with Crippen LogP contribution in [0.1, 0.15) is 17.1 Å². The highest BCUT2D eigenvalue weighted by Crippen LogP contribution is 2.24. The molecule has 0 spiro atoms. The van der Waals surface area contributed by atoms with Gasteiger partial charge in [-0.25, -0.2) is 0 Å². The van der Waals surface area contributed by atoms with Crippen molar-refractivity contribution in [1.29, 1.82) is 0 Å². The molecule has 0 aliphatic rings. The van der Waals surface area contributed by atoms with Crippen LogP contribution in [-0.4, -0.2) is 30.1 Å². The summed E-state index contributed by atoms with van der Waals surface area (Å²) < 4.78 is 6.84. The molecule has 0 saturated heterocycles. The molecule has 3 heterocycles. The second-order valence-corrected chi connectivity index (χ2v) is 5.81. The third kappa shape index (κ3) is 3.16. The van der Waals surface area contributed by atoms with Gasteiger partial charge in [-0.2, -0.15) is 20.3 Å². The Morgan fingerprint density at radius 1 is 1.16 bits per heavy atom. The molecular formula is C18H16N6O. The van der Waals surface area contributed by atoms with E-state index < -0.39 is 0 Å². The summed E-state index contributed by atoms with van der Waals surface area (Å²) in [6, 6.07) is 10.0.